The number of hydrogen-bond acceptors (Lipinski definition) is 9. The summed E-state index contributed by atoms with van der Waals surface area (Å²) in [7, 11) is -4.11. The first-order valence-electron chi connectivity index (χ1n) is 13.9. The van der Waals surface area contributed by atoms with E-state index in [4.69, 9.17) is 18.7 Å². The summed E-state index contributed by atoms with van der Waals surface area (Å²) in [5.74, 6) is -2.03. The average Bonchev–Trinajstić information content (AvgIpc) is 3.48. The molecule has 4 atom stereocenters. The highest BCUT2D eigenvalue weighted by atomic mass is 31.2. The molecule has 16 heteroatoms. The largest absolute Gasteiger partial charge is 0.489 e. The zero-order valence-corrected chi connectivity index (χ0v) is 26.3. The van der Waals surface area contributed by atoms with Gasteiger partial charge < -0.3 is 24.3 Å². The third-order valence-corrected chi connectivity index (χ3v) is 8.51. The van der Waals surface area contributed by atoms with Crippen LogP contribution in [0.15, 0.2) is 30.7 Å². The Hall–Kier alpha value is -4.04. The number of halogens is 1. The predicted molar refractivity (Wildman–Crippen MR) is 158 cm³/mol. The number of aromatic nitrogens is 4. The van der Waals surface area contributed by atoms with Gasteiger partial charge in [-0.25, -0.2) is 19.1 Å². The number of carbonyl (C=O) groups excluding carboxylic acids is 1. The molecule has 1 unspecified atom stereocenters. The number of rotatable bonds is 14. The quantitative estimate of drug-likeness (QED) is 0.112. The van der Waals surface area contributed by atoms with Crippen LogP contribution in [-0.2, 0) is 23.4 Å². The van der Waals surface area contributed by atoms with E-state index in [0.29, 0.717) is 27.7 Å². The van der Waals surface area contributed by atoms with Crippen molar-refractivity contribution in [3.63, 3.8) is 0 Å². The number of benzene rings is 1. The topological polar surface area (TPSA) is 178 Å². The second kappa shape index (κ2) is 13.3. The predicted octanol–water partition coefficient (Wildman–Crippen LogP) is 4.64. The summed E-state index contributed by atoms with van der Waals surface area (Å²) in [6.45, 7) is 11.1. The van der Waals surface area contributed by atoms with Crippen molar-refractivity contribution in [2.45, 2.75) is 72.8 Å². The fraction of sp³-hybridized carbons (Fsp3) is 0.429. The third kappa shape index (κ3) is 7.53. The van der Waals surface area contributed by atoms with E-state index in [1.54, 1.807) is 46.0 Å². The normalized spacial score (nSPS) is 15.2. The number of carbonyl (C=O) groups is 2. The number of hydrogen-bond donors (Lipinski definition) is 4. The van der Waals surface area contributed by atoms with Crippen molar-refractivity contribution >= 4 is 36.0 Å². The molecule has 0 aliphatic heterocycles. The van der Waals surface area contributed by atoms with Crippen LogP contribution in [0.25, 0.3) is 16.4 Å². The van der Waals surface area contributed by atoms with Crippen LogP contribution < -0.4 is 19.6 Å². The monoisotopic (exact) mass is 634 g/mol. The molecule has 0 aliphatic carbocycles. The van der Waals surface area contributed by atoms with E-state index in [-0.39, 0.29) is 18.2 Å². The van der Waals surface area contributed by atoms with Crippen LogP contribution in [0.3, 0.4) is 0 Å². The standard InChI is InChI=1S/C28H36FN6O8P/c1-14(2)41-28(38)19(7)34-44(39,33-18(6)27(36)37)43-16(4)12-40-23-11-35-25(17(23)5)26(30-13-31-35)42-22-9-8-21-20(24(22)29)10-15(3)32-21/h8-11,13-14,16,18-19,32H,12H2,1-7H3,(H,36,37)(H2,33,34,39)/t16-,18-,19-,44?/m0/s1. The lowest BCUT2D eigenvalue weighted by atomic mass is 10.2. The minimum absolute atomic E-state index is 0.0139. The molecule has 0 bridgehead atoms. The van der Waals surface area contributed by atoms with Crippen molar-refractivity contribution in [2.75, 3.05) is 6.61 Å². The first-order chi connectivity index (χ1) is 20.7. The molecule has 0 radical (unpaired) electrons. The number of nitrogens with zero attached hydrogens (tertiary/aromatic N) is 3. The van der Waals surface area contributed by atoms with Gasteiger partial charge in [0.25, 0.3) is 0 Å². The molecule has 0 saturated carbocycles. The number of esters is 1. The maximum Gasteiger partial charge on any atom is 0.342 e. The zero-order valence-electron chi connectivity index (χ0n) is 25.4. The summed E-state index contributed by atoms with van der Waals surface area (Å²) in [6, 6.07) is 2.57. The van der Waals surface area contributed by atoms with Crippen LogP contribution >= 0.6 is 7.67 Å². The molecule has 238 valence electrons. The Morgan fingerprint density at radius 1 is 1.11 bits per heavy atom. The number of ether oxygens (including phenoxy) is 3. The van der Waals surface area contributed by atoms with Crippen LogP contribution in [0.1, 0.15) is 45.9 Å². The molecular weight excluding hydrogens is 598 g/mol. The SMILES string of the molecule is Cc1cc2c(F)c(Oc3ncnn4cc(OC[C@H](C)OP(=O)(N[C@@H](C)C(=O)O)N[C@@H](C)C(=O)OC(C)C)c(C)c34)ccc2[nH]1. The summed E-state index contributed by atoms with van der Waals surface area (Å²) >= 11 is 0. The second-order valence-corrected chi connectivity index (χ2v) is 12.5. The minimum Gasteiger partial charge on any atom is -0.489 e. The van der Waals surface area contributed by atoms with E-state index in [0.717, 1.165) is 5.69 Å². The molecule has 14 nitrogen and oxygen atoms in total. The van der Waals surface area contributed by atoms with Crippen LogP contribution in [0.4, 0.5) is 4.39 Å². The molecule has 4 aromatic rings. The number of carboxylic acid groups (broad SMARTS) is 1. The van der Waals surface area contributed by atoms with Gasteiger partial charge in [-0.05, 0) is 66.7 Å². The number of aliphatic carboxylic acids is 1. The van der Waals surface area contributed by atoms with Gasteiger partial charge in [0.2, 0.25) is 5.88 Å². The Balaban J connectivity index is 1.50. The molecule has 44 heavy (non-hydrogen) atoms. The van der Waals surface area contributed by atoms with E-state index < -0.39 is 49.7 Å². The van der Waals surface area contributed by atoms with Crippen LogP contribution in [0, 0.1) is 19.7 Å². The number of aromatic amines is 1. The van der Waals surface area contributed by atoms with Crippen molar-refractivity contribution in [1.29, 1.82) is 0 Å². The third-order valence-electron chi connectivity index (χ3n) is 6.40. The molecule has 0 saturated heterocycles. The molecule has 0 spiro atoms. The highest BCUT2D eigenvalue weighted by molar-refractivity contribution is 7.54. The molecule has 0 fully saturated rings. The number of fused-ring (bicyclic) bond motifs is 2. The zero-order chi connectivity index (χ0) is 32.3. The first-order valence-corrected chi connectivity index (χ1v) is 15.5. The number of nitrogens with one attached hydrogen (secondary N) is 3. The summed E-state index contributed by atoms with van der Waals surface area (Å²) in [5.41, 5.74) is 2.46. The maximum absolute atomic E-state index is 15.2. The van der Waals surface area contributed by atoms with Gasteiger partial charge in [0.05, 0.1) is 18.4 Å². The van der Waals surface area contributed by atoms with Crippen LogP contribution in [0.5, 0.6) is 17.4 Å². The molecular formula is C28H36FN6O8P. The maximum atomic E-state index is 15.2. The molecule has 3 aromatic heterocycles. The van der Waals surface area contributed by atoms with Crippen LogP contribution in [0.2, 0.25) is 0 Å². The summed E-state index contributed by atoms with van der Waals surface area (Å²) < 4.78 is 53.0. The van der Waals surface area contributed by atoms with Gasteiger partial charge in [0, 0.05) is 22.2 Å². The van der Waals surface area contributed by atoms with Gasteiger partial charge in [-0.1, -0.05) is 0 Å². The van der Waals surface area contributed by atoms with Crippen LogP contribution in [-0.4, -0.2) is 67.5 Å². The Bertz CT molecular complexity index is 1720. The van der Waals surface area contributed by atoms with Gasteiger partial charge in [-0.15, -0.1) is 0 Å². The van der Waals surface area contributed by atoms with Crippen molar-refractivity contribution in [3.8, 4) is 17.4 Å². The van der Waals surface area contributed by atoms with Crippen molar-refractivity contribution in [2.24, 2.45) is 0 Å². The summed E-state index contributed by atoms with van der Waals surface area (Å²) in [6.07, 6.45) is 1.57. The lowest BCUT2D eigenvalue weighted by molar-refractivity contribution is -0.149. The Morgan fingerprint density at radius 2 is 1.82 bits per heavy atom. The van der Waals surface area contributed by atoms with E-state index in [2.05, 4.69) is 25.2 Å². The van der Waals surface area contributed by atoms with E-state index in [1.807, 2.05) is 6.92 Å². The molecule has 4 rings (SSSR count). The highest BCUT2D eigenvalue weighted by Gasteiger charge is 2.34. The molecule has 0 aliphatic rings. The van der Waals surface area contributed by atoms with Crippen molar-refractivity contribution in [1.82, 2.24) is 29.8 Å². The summed E-state index contributed by atoms with van der Waals surface area (Å²) in [5, 5.41) is 18.9. The van der Waals surface area contributed by atoms with Gasteiger partial charge in [0.1, 0.15) is 36.3 Å². The van der Waals surface area contributed by atoms with Gasteiger partial charge >= 0.3 is 19.6 Å². The Kier molecular flexibility index (Phi) is 9.94. The first kappa shape index (κ1) is 32.9. The fourth-order valence-corrected chi connectivity index (χ4v) is 6.34. The number of aryl methyl sites for hydroxylation is 2. The Labute approximate surface area is 252 Å². The minimum atomic E-state index is -4.11. The van der Waals surface area contributed by atoms with E-state index in [1.165, 1.54) is 30.8 Å². The summed E-state index contributed by atoms with van der Waals surface area (Å²) in [4.78, 5) is 31.0. The second-order valence-electron chi connectivity index (χ2n) is 10.7. The lowest BCUT2D eigenvalue weighted by Crippen LogP contribution is -2.43. The number of carboxylic acids is 1. The average molecular weight is 635 g/mol. The smallest absolute Gasteiger partial charge is 0.342 e. The lowest BCUT2D eigenvalue weighted by Gasteiger charge is -2.28. The van der Waals surface area contributed by atoms with Crippen molar-refractivity contribution in [3.05, 3.63) is 47.8 Å². The van der Waals surface area contributed by atoms with Gasteiger partial charge in [-0.3, -0.25) is 18.7 Å². The fourth-order valence-electron chi connectivity index (χ4n) is 4.34. The molecule has 0 amide bonds. The van der Waals surface area contributed by atoms with E-state index >= 15 is 4.39 Å². The Morgan fingerprint density at radius 3 is 2.50 bits per heavy atom. The number of H-pyrrole nitrogens is 1. The van der Waals surface area contributed by atoms with E-state index in [9.17, 15) is 19.3 Å². The highest BCUT2D eigenvalue weighted by Crippen LogP contribution is 2.41. The molecule has 3 heterocycles. The van der Waals surface area contributed by atoms with Gasteiger partial charge in [0.15, 0.2) is 11.6 Å². The molecule has 1 aromatic carbocycles. The van der Waals surface area contributed by atoms with Crippen molar-refractivity contribution < 1.29 is 42.4 Å². The molecule has 4 N–H and O–H groups in total. The van der Waals surface area contributed by atoms with Gasteiger partial charge in [-0.2, -0.15) is 10.1 Å².